The zero-order chi connectivity index (χ0) is 25.6. The van der Waals surface area contributed by atoms with E-state index in [-0.39, 0.29) is 11.1 Å². The first-order valence-electron chi connectivity index (χ1n) is 10.6. The summed E-state index contributed by atoms with van der Waals surface area (Å²) in [6.07, 6.45) is 1.40. The molecule has 0 spiro atoms. The molecule has 0 amide bonds. The maximum absolute atomic E-state index is 13.3. The van der Waals surface area contributed by atoms with Crippen LogP contribution in [0.2, 0.25) is 0 Å². The number of carbonyl (C=O) groups is 1. The molecule has 1 aromatic carbocycles. The lowest BCUT2D eigenvalue weighted by atomic mass is 10.00. The first kappa shape index (κ1) is 23.1. The number of ether oxygens (including phenoxy) is 1. The summed E-state index contributed by atoms with van der Waals surface area (Å²) in [5.41, 5.74) is 3.15. The van der Waals surface area contributed by atoms with Gasteiger partial charge >= 0.3 is 12.3 Å². The van der Waals surface area contributed by atoms with E-state index in [1.54, 1.807) is 61.4 Å². The molecule has 0 bridgehead atoms. The fourth-order valence-corrected chi connectivity index (χ4v) is 4.13. The average molecular weight is 494 g/mol. The van der Waals surface area contributed by atoms with E-state index in [0.717, 1.165) is 11.6 Å². The molecule has 0 saturated carbocycles. The van der Waals surface area contributed by atoms with Gasteiger partial charge in [-0.1, -0.05) is 5.16 Å². The summed E-state index contributed by atoms with van der Waals surface area (Å²) in [6, 6.07) is 8.64. The topological polar surface area (TPSA) is 103 Å². The van der Waals surface area contributed by atoms with E-state index in [4.69, 9.17) is 4.52 Å². The van der Waals surface area contributed by atoms with Gasteiger partial charge in [-0.3, -0.25) is 9.55 Å². The number of aryl methyl sites for hydroxylation is 2. The third-order valence-corrected chi connectivity index (χ3v) is 5.63. The minimum atomic E-state index is -5.03. The number of nitrogens with zero attached hydrogens (tertiary/aromatic N) is 4. The van der Waals surface area contributed by atoms with Crippen LogP contribution < -0.4 is 4.74 Å². The summed E-state index contributed by atoms with van der Waals surface area (Å²) >= 11 is 0. The van der Waals surface area contributed by atoms with E-state index in [1.807, 2.05) is 0 Å². The third-order valence-electron chi connectivity index (χ3n) is 5.63. The molecule has 0 aliphatic heterocycles. The highest BCUT2D eigenvalue weighted by atomic mass is 19.4. The Morgan fingerprint density at radius 2 is 1.92 bits per heavy atom. The molecule has 1 N–H and O–H groups in total. The first-order valence-corrected chi connectivity index (χ1v) is 10.6. The van der Waals surface area contributed by atoms with Gasteiger partial charge in [0.1, 0.15) is 17.2 Å². The van der Waals surface area contributed by atoms with Crippen LogP contribution in [0.15, 0.2) is 65.7 Å². The number of rotatable bonds is 5. The van der Waals surface area contributed by atoms with Crippen molar-refractivity contribution in [2.24, 2.45) is 0 Å². The molecule has 0 fully saturated rings. The summed E-state index contributed by atoms with van der Waals surface area (Å²) in [5.74, 6) is -1.46. The molecule has 11 heteroatoms. The minimum Gasteiger partial charge on any atom is -0.478 e. The van der Waals surface area contributed by atoms with Crippen LogP contribution >= 0.6 is 0 Å². The van der Waals surface area contributed by atoms with Gasteiger partial charge in [0.15, 0.2) is 0 Å². The fourth-order valence-electron chi connectivity index (χ4n) is 4.13. The van der Waals surface area contributed by atoms with Gasteiger partial charge in [0.05, 0.1) is 23.1 Å². The van der Waals surface area contributed by atoms with Crippen molar-refractivity contribution in [2.45, 2.75) is 20.2 Å². The number of hydrogen-bond donors (Lipinski definition) is 1. The smallest absolute Gasteiger partial charge is 0.478 e. The van der Waals surface area contributed by atoms with E-state index in [2.05, 4.69) is 19.9 Å². The molecule has 0 radical (unpaired) electrons. The number of aromatic carboxylic acids is 1. The molecule has 0 atom stereocenters. The average Bonchev–Trinajstić information content (AvgIpc) is 3.37. The first-order chi connectivity index (χ1) is 17.1. The third kappa shape index (κ3) is 4.15. The van der Waals surface area contributed by atoms with Gasteiger partial charge in [0.25, 0.3) is 0 Å². The number of aromatic nitrogens is 4. The van der Waals surface area contributed by atoms with Crippen LogP contribution in [-0.4, -0.2) is 37.1 Å². The van der Waals surface area contributed by atoms with Crippen LogP contribution in [-0.2, 0) is 0 Å². The number of carboxylic acids is 1. The number of halogens is 3. The number of fused-ring (bicyclic) bond motifs is 1. The van der Waals surface area contributed by atoms with Crippen molar-refractivity contribution < 1.29 is 32.3 Å². The zero-order valence-corrected chi connectivity index (χ0v) is 18.9. The molecule has 182 valence electrons. The van der Waals surface area contributed by atoms with Crippen molar-refractivity contribution in [3.8, 4) is 33.7 Å². The standard InChI is InChI=1S/C25H17F3N4O4/c1-13-22(14(2)36-31-13)16-8-19-20(12-32(23(19)30-10-16)17-4-3-7-29-11-17)18-6-5-15(24(33)34)9-21(18)35-25(26,27)28/h3-12H,1-2H3,(H,33,34). The van der Waals surface area contributed by atoms with Crippen LogP contribution in [0.1, 0.15) is 21.8 Å². The second kappa shape index (κ2) is 8.52. The number of hydrogen-bond acceptors (Lipinski definition) is 6. The van der Waals surface area contributed by atoms with Crippen LogP contribution in [0, 0.1) is 13.8 Å². The van der Waals surface area contributed by atoms with Crippen LogP contribution in [0.25, 0.3) is 39.0 Å². The Labute approximate surface area is 201 Å². The van der Waals surface area contributed by atoms with Gasteiger partial charge < -0.3 is 14.4 Å². The van der Waals surface area contributed by atoms with E-state index >= 15 is 0 Å². The number of carboxylic acid groups (broad SMARTS) is 1. The number of benzene rings is 1. The van der Waals surface area contributed by atoms with Crippen molar-refractivity contribution in [3.05, 3.63) is 78.2 Å². The molecule has 4 aromatic heterocycles. The molecule has 5 aromatic rings. The highest BCUT2D eigenvalue weighted by Crippen LogP contribution is 2.41. The van der Waals surface area contributed by atoms with Crippen molar-refractivity contribution in [3.63, 3.8) is 0 Å². The predicted octanol–water partition coefficient (Wildman–Crippen LogP) is 5.96. The van der Waals surface area contributed by atoms with Crippen LogP contribution in [0.5, 0.6) is 5.75 Å². The second-order valence-corrected chi connectivity index (χ2v) is 7.98. The Hall–Kier alpha value is -4.67. The molecule has 0 aliphatic rings. The lowest BCUT2D eigenvalue weighted by Gasteiger charge is -2.14. The monoisotopic (exact) mass is 494 g/mol. The lowest BCUT2D eigenvalue weighted by molar-refractivity contribution is -0.274. The Balaban J connectivity index is 1.81. The normalized spacial score (nSPS) is 11.7. The molecular formula is C25H17F3N4O4. The van der Waals surface area contributed by atoms with E-state index in [0.29, 0.717) is 39.3 Å². The second-order valence-electron chi connectivity index (χ2n) is 7.98. The molecule has 8 nitrogen and oxygen atoms in total. The molecule has 0 unspecified atom stereocenters. The Kier molecular flexibility index (Phi) is 5.47. The molecule has 36 heavy (non-hydrogen) atoms. The highest BCUT2D eigenvalue weighted by molar-refractivity contribution is 5.99. The van der Waals surface area contributed by atoms with E-state index in [9.17, 15) is 23.1 Å². The SMILES string of the molecule is Cc1noc(C)c1-c1cnc2c(c1)c(-c1ccc(C(=O)O)cc1OC(F)(F)F)cn2-c1cccnc1. The maximum atomic E-state index is 13.3. The fraction of sp³-hybridized carbons (Fsp3) is 0.120. The largest absolute Gasteiger partial charge is 0.573 e. The van der Waals surface area contributed by atoms with Crippen molar-refractivity contribution in [1.82, 2.24) is 19.7 Å². The predicted molar refractivity (Wildman–Crippen MR) is 123 cm³/mol. The molecule has 5 rings (SSSR count). The van der Waals surface area contributed by atoms with Gasteiger partial charge in [-0.2, -0.15) is 0 Å². The van der Waals surface area contributed by atoms with Crippen molar-refractivity contribution in [2.75, 3.05) is 0 Å². The molecular weight excluding hydrogens is 477 g/mol. The van der Waals surface area contributed by atoms with Crippen LogP contribution in [0.3, 0.4) is 0 Å². The van der Waals surface area contributed by atoms with Gasteiger partial charge in [0.2, 0.25) is 0 Å². The summed E-state index contributed by atoms with van der Waals surface area (Å²) in [4.78, 5) is 20.2. The van der Waals surface area contributed by atoms with Crippen molar-refractivity contribution in [1.29, 1.82) is 0 Å². The summed E-state index contributed by atoms with van der Waals surface area (Å²) < 4.78 is 51.1. The van der Waals surface area contributed by atoms with Gasteiger partial charge in [-0.05, 0) is 50.2 Å². The Morgan fingerprint density at radius 3 is 2.56 bits per heavy atom. The van der Waals surface area contributed by atoms with Gasteiger partial charge in [-0.15, -0.1) is 13.2 Å². The van der Waals surface area contributed by atoms with E-state index in [1.165, 1.54) is 12.1 Å². The van der Waals surface area contributed by atoms with Gasteiger partial charge in [0, 0.05) is 46.2 Å². The summed E-state index contributed by atoms with van der Waals surface area (Å²) in [7, 11) is 0. The van der Waals surface area contributed by atoms with Crippen molar-refractivity contribution >= 4 is 17.0 Å². The Morgan fingerprint density at radius 1 is 1.11 bits per heavy atom. The lowest BCUT2D eigenvalue weighted by Crippen LogP contribution is -2.18. The number of alkyl halides is 3. The zero-order valence-electron chi connectivity index (χ0n) is 18.9. The maximum Gasteiger partial charge on any atom is 0.573 e. The number of pyridine rings is 2. The minimum absolute atomic E-state index is 0.0441. The molecule has 4 heterocycles. The highest BCUT2D eigenvalue weighted by Gasteiger charge is 2.33. The van der Waals surface area contributed by atoms with Gasteiger partial charge in [-0.25, -0.2) is 9.78 Å². The molecule has 0 saturated heterocycles. The molecule has 0 aliphatic carbocycles. The van der Waals surface area contributed by atoms with Crippen LogP contribution in [0.4, 0.5) is 13.2 Å². The summed E-state index contributed by atoms with van der Waals surface area (Å²) in [5, 5.41) is 13.8. The summed E-state index contributed by atoms with van der Waals surface area (Å²) in [6.45, 7) is 3.53. The quantitative estimate of drug-likeness (QED) is 0.322. The Bertz CT molecular complexity index is 1590. The van der Waals surface area contributed by atoms with E-state index < -0.39 is 18.1 Å².